The zero-order chi connectivity index (χ0) is 18.0. The quantitative estimate of drug-likeness (QED) is 0.645. The van der Waals surface area contributed by atoms with Crippen molar-refractivity contribution in [3.63, 3.8) is 0 Å². The Bertz CT molecular complexity index is 776. The number of anilines is 2. The van der Waals surface area contributed by atoms with Crippen molar-refractivity contribution in [1.29, 1.82) is 5.41 Å². The number of fused-ring (bicyclic) bond motifs is 1. The lowest BCUT2D eigenvalue weighted by Crippen LogP contribution is -2.44. The van der Waals surface area contributed by atoms with E-state index in [0.717, 1.165) is 24.1 Å². The molecule has 0 aliphatic carbocycles. The molecular weight excluding hydrogens is 331 g/mol. The number of benzene rings is 2. The Morgan fingerprint density at radius 2 is 1.80 bits per heavy atom. The standard InChI is InChI=1S/C18H18F3N3O/c1-23(15-10-4-5-11-16(15)25-18(19,20)21)17(22)24-12-6-8-13-7-2-3-9-14(13)24/h2-5,7,9-11,22H,6,8,12H2,1H3. The highest BCUT2D eigenvalue weighted by Crippen LogP contribution is 2.34. The average Bonchev–Trinajstić information content (AvgIpc) is 2.59. The van der Waals surface area contributed by atoms with Gasteiger partial charge in [-0.3, -0.25) is 5.41 Å². The van der Waals surface area contributed by atoms with E-state index in [0.29, 0.717) is 6.54 Å². The molecule has 2 aromatic rings. The minimum Gasteiger partial charge on any atom is -0.404 e. The van der Waals surface area contributed by atoms with Crippen molar-refractivity contribution >= 4 is 17.3 Å². The van der Waals surface area contributed by atoms with Gasteiger partial charge in [0, 0.05) is 19.3 Å². The first-order chi connectivity index (χ1) is 11.9. The van der Waals surface area contributed by atoms with Crippen LogP contribution in [0, 0.1) is 5.41 Å². The van der Waals surface area contributed by atoms with Gasteiger partial charge < -0.3 is 14.5 Å². The predicted molar refractivity (Wildman–Crippen MR) is 91.4 cm³/mol. The third kappa shape index (κ3) is 3.70. The number of rotatable bonds is 2. The van der Waals surface area contributed by atoms with Crippen molar-refractivity contribution in [3.05, 3.63) is 54.1 Å². The summed E-state index contributed by atoms with van der Waals surface area (Å²) >= 11 is 0. The van der Waals surface area contributed by atoms with Gasteiger partial charge in [-0.25, -0.2) is 0 Å². The maximum atomic E-state index is 12.6. The lowest BCUT2D eigenvalue weighted by molar-refractivity contribution is -0.274. The molecule has 0 unspecified atom stereocenters. The van der Waals surface area contributed by atoms with Gasteiger partial charge in [0.2, 0.25) is 5.96 Å². The van der Waals surface area contributed by atoms with Crippen LogP contribution >= 0.6 is 0 Å². The number of aryl methyl sites for hydroxylation is 1. The molecular formula is C18H18F3N3O. The van der Waals surface area contributed by atoms with Gasteiger partial charge in [0.05, 0.1) is 5.69 Å². The molecule has 7 heteroatoms. The molecule has 0 saturated heterocycles. The van der Waals surface area contributed by atoms with E-state index in [4.69, 9.17) is 5.41 Å². The van der Waals surface area contributed by atoms with E-state index < -0.39 is 6.36 Å². The van der Waals surface area contributed by atoms with Crippen LogP contribution in [0.4, 0.5) is 24.5 Å². The Kier molecular flexibility index (Phi) is 4.57. The molecule has 0 bridgehead atoms. The molecule has 2 aromatic carbocycles. The largest absolute Gasteiger partial charge is 0.573 e. The summed E-state index contributed by atoms with van der Waals surface area (Å²) in [6.07, 6.45) is -2.97. The number of nitrogens with zero attached hydrogens (tertiary/aromatic N) is 2. The zero-order valence-electron chi connectivity index (χ0n) is 13.7. The van der Waals surface area contributed by atoms with Gasteiger partial charge in [0.1, 0.15) is 0 Å². The van der Waals surface area contributed by atoms with E-state index in [1.807, 2.05) is 29.2 Å². The van der Waals surface area contributed by atoms with Crippen LogP contribution in [0.3, 0.4) is 0 Å². The zero-order valence-corrected chi connectivity index (χ0v) is 13.7. The van der Waals surface area contributed by atoms with Crippen LogP contribution in [0.2, 0.25) is 0 Å². The number of ether oxygens (including phenoxy) is 1. The highest BCUT2D eigenvalue weighted by Gasteiger charge is 2.33. The minimum atomic E-state index is -4.78. The van der Waals surface area contributed by atoms with Gasteiger partial charge in [0.15, 0.2) is 5.75 Å². The van der Waals surface area contributed by atoms with E-state index in [2.05, 4.69) is 4.74 Å². The Balaban J connectivity index is 1.90. The van der Waals surface area contributed by atoms with Crippen molar-refractivity contribution in [3.8, 4) is 5.75 Å². The van der Waals surface area contributed by atoms with E-state index >= 15 is 0 Å². The fraction of sp³-hybridized carbons (Fsp3) is 0.278. The summed E-state index contributed by atoms with van der Waals surface area (Å²) in [4.78, 5) is 3.21. The molecule has 0 atom stereocenters. The molecule has 1 aliphatic rings. The lowest BCUT2D eigenvalue weighted by Gasteiger charge is -2.35. The number of hydrogen-bond donors (Lipinski definition) is 1. The average molecular weight is 349 g/mol. The molecule has 3 rings (SSSR count). The van der Waals surface area contributed by atoms with Crippen LogP contribution < -0.4 is 14.5 Å². The highest BCUT2D eigenvalue weighted by molar-refractivity contribution is 6.06. The molecule has 132 valence electrons. The third-order valence-corrected chi connectivity index (χ3v) is 4.14. The molecule has 1 aliphatic heterocycles. The number of hydrogen-bond acceptors (Lipinski definition) is 2. The second kappa shape index (κ2) is 6.66. The van der Waals surface area contributed by atoms with E-state index in [9.17, 15) is 13.2 Å². The maximum Gasteiger partial charge on any atom is 0.573 e. The predicted octanol–water partition coefficient (Wildman–Crippen LogP) is 4.41. The van der Waals surface area contributed by atoms with Gasteiger partial charge in [-0.05, 0) is 36.6 Å². The van der Waals surface area contributed by atoms with Crippen LogP contribution in [0.5, 0.6) is 5.75 Å². The molecule has 0 amide bonds. The van der Waals surface area contributed by atoms with Gasteiger partial charge in [-0.1, -0.05) is 30.3 Å². The van der Waals surface area contributed by atoms with Crippen LogP contribution in [0.15, 0.2) is 48.5 Å². The van der Waals surface area contributed by atoms with Gasteiger partial charge in [-0.15, -0.1) is 13.2 Å². The summed E-state index contributed by atoms with van der Waals surface area (Å²) in [5.74, 6) is -0.224. The Hall–Kier alpha value is -2.70. The van der Waals surface area contributed by atoms with Gasteiger partial charge in [0.25, 0.3) is 0 Å². The summed E-state index contributed by atoms with van der Waals surface area (Å²) in [5.41, 5.74) is 2.24. The number of alkyl halides is 3. The van der Waals surface area contributed by atoms with E-state index in [1.165, 1.54) is 23.1 Å². The molecule has 1 heterocycles. The molecule has 0 aromatic heterocycles. The van der Waals surface area contributed by atoms with Crippen LogP contribution in [0.25, 0.3) is 0 Å². The van der Waals surface area contributed by atoms with Crippen molar-refractivity contribution in [2.75, 3.05) is 23.4 Å². The number of para-hydroxylation sites is 3. The molecule has 0 radical (unpaired) electrons. The van der Waals surface area contributed by atoms with Crippen molar-refractivity contribution in [2.24, 2.45) is 0 Å². The van der Waals surface area contributed by atoms with E-state index in [-0.39, 0.29) is 17.4 Å². The second-order valence-electron chi connectivity index (χ2n) is 5.78. The van der Waals surface area contributed by atoms with Crippen molar-refractivity contribution in [2.45, 2.75) is 19.2 Å². The number of nitrogens with one attached hydrogen (secondary N) is 1. The molecule has 0 saturated carbocycles. The SMILES string of the molecule is CN(C(=N)N1CCCc2ccccc21)c1ccccc1OC(F)(F)F. The summed E-state index contributed by atoms with van der Waals surface area (Å²) in [6.45, 7) is 0.641. The van der Waals surface area contributed by atoms with Crippen LogP contribution in [-0.4, -0.2) is 25.9 Å². The molecule has 4 nitrogen and oxygen atoms in total. The molecule has 0 fully saturated rings. The monoisotopic (exact) mass is 349 g/mol. The second-order valence-corrected chi connectivity index (χ2v) is 5.78. The summed E-state index contributed by atoms with van der Waals surface area (Å²) in [6, 6.07) is 13.6. The van der Waals surface area contributed by atoms with Crippen molar-refractivity contribution < 1.29 is 17.9 Å². The normalized spacial score (nSPS) is 14.0. The fourth-order valence-corrected chi connectivity index (χ4v) is 2.99. The number of guanidine groups is 1. The third-order valence-electron chi connectivity index (χ3n) is 4.14. The first-order valence-electron chi connectivity index (χ1n) is 7.89. The first-order valence-corrected chi connectivity index (χ1v) is 7.89. The van der Waals surface area contributed by atoms with Crippen LogP contribution in [0.1, 0.15) is 12.0 Å². The topological polar surface area (TPSA) is 39.6 Å². The Morgan fingerprint density at radius 3 is 2.56 bits per heavy atom. The van der Waals surface area contributed by atoms with Gasteiger partial charge >= 0.3 is 6.36 Å². The summed E-state index contributed by atoms with van der Waals surface area (Å²) in [7, 11) is 1.57. The summed E-state index contributed by atoms with van der Waals surface area (Å²) in [5, 5.41) is 8.50. The van der Waals surface area contributed by atoms with Crippen LogP contribution in [-0.2, 0) is 6.42 Å². The maximum absolute atomic E-state index is 12.6. The lowest BCUT2D eigenvalue weighted by atomic mass is 10.0. The Morgan fingerprint density at radius 1 is 1.12 bits per heavy atom. The van der Waals surface area contributed by atoms with E-state index in [1.54, 1.807) is 13.1 Å². The molecule has 0 spiro atoms. The fourth-order valence-electron chi connectivity index (χ4n) is 2.99. The smallest absolute Gasteiger partial charge is 0.404 e. The number of halogens is 3. The summed E-state index contributed by atoms with van der Waals surface area (Å²) < 4.78 is 42.0. The highest BCUT2D eigenvalue weighted by atomic mass is 19.4. The minimum absolute atomic E-state index is 0.102. The Labute approximate surface area is 143 Å². The molecule has 25 heavy (non-hydrogen) atoms. The molecule has 1 N–H and O–H groups in total. The first kappa shape index (κ1) is 17.1. The van der Waals surface area contributed by atoms with Crippen molar-refractivity contribution in [1.82, 2.24) is 0 Å². The van der Waals surface area contributed by atoms with Gasteiger partial charge in [-0.2, -0.15) is 0 Å².